The first-order valence-electron chi connectivity index (χ1n) is 5.45. The van der Waals surface area contributed by atoms with E-state index < -0.39 is 17.3 Å². The Balaban J connectivity index is 1.98. The van der Waals surface area contributed by atoms with Crippen molar-refractivity contribution in [2.24, 2.45) is 0 Å². The maximum absolute atomic E-state index is 12.4. The molecule has 1 atom stereocenters. The highest BCUT2D eigenvalue weighted by Gasteiger charge is 2.35. The van der Waals surface area contributed by atoms with Crippen LogP contribution in [-0.4, -0.2) is 15.8 Å². The van der Waals surface area contributed by atoms with Crippen molar-refractivity contribution in [1.29, 1.82) is 0 Å². The maximum Gasteiger partial charge on any atom is 0.443 e. The second kappa shape index (κ2) is 6.46. The highest BCUT2D eigenvalue weighted by atomic mass is 79.9. The molecule has 2 nitrogen and oxygen atoms in total. The van der Waals surface area contributed by atoms with Crippen LogP contribution in [0.4, 0.5) is 13.2 Å². The Hall–Kier alpha value is -0.570. The number of aliphatic hydroxyl groups excluding tert-OH is 1. The molecule has 0 aliphatic rings. The molecule has 0 saturated carbocycles. The van der Waals surface area contributed by atoms with E-state index in [4.69, 9.17) is 0 Å². The van der Waals surface area contributed by atoms with E-state index in [0.29, 0.717) is 11.3 Å². The lowest BCUT2D eigenvalue weighted by atomic mass is 10.4. The summed E-state index contributed by atoms with van der Waals surface area (Å²) >= 11 is 5.18. The summed E-state index contributed by atoms with van der Waals surface area (Å²) < 4.78 is 38.2. The van der Waals surface area contributed by atoms with Gasteiger partial charge in [0, 0.05) is 21.3 Å². The quantitative estimate of drug-likeness (QED) is 0.773. The van der Waals surface area contributed by atoms with Crippen molar-refractivity contribution < 1.29 is 18.3 Å². The molecule has 1 heterocycles. The Morgan fingerprint density at radius 3 is 2.75 bits per heavy atom. The topological polar surface area (TPSA) is 33.1 Å². The molecule has 1 unspecified atom stereocenters. The average molecular weight is 384 g/mol. The highest BCUT2D eigenvalue weighted by Crippen LogP contribution is 2.35. The van der Waals surface area contributed by atoms with E-state index in [1.54, 1.807) is 0 Å². The Morgan fingerprint density at radius 2 is 2.15 bits per heavy atom. The number of halogens is 4. The van der Waals surface area contributed by atoms with Crippen molar-refractivity contribution in [1.82, 2.24) is 4.98 Å². The molecule has 0 aliphatic carbocycles. The van der Waals surface area contributed by atoms with Crippen LogP contribution >= 0.6 is 39.0 Å². The van der Waals surface area contributed by atoms with E-state index in [1.165, 1.54) is 11.8 Å². The van der Waals surface area contributed by atoms with Gasteiger partial charge in [-0.2, -0.15) is 13.2 Å². The van der Waals surface area contributed by atoms with Gasteiger partial charge in [0.15, 0.2) is 5.01 Å². The van der Waals surface area contributed by atoms with Gasteiger partial charge in [-0.15, -0.1) is 23.1 Å². The van der Waals surface area contributed by atoms with Crippen molar-refractivity contribution in [3.63, 3.8) is 0 Å². The minimum absolute atomic E-state index is 0.222. The van der Waals surface area contributed by atoms with Crippen molar-refractivity contribution in [2.45, 2.75) is 17.2 Å². The number of nitrogens with zero attached hydrogens (tertiary/aromatic N) is 1. The molecule has 2 rings (SSSR count). The lowest BCUT2D eigenvalue weighted by Gasteiger charge is -2.08. The zero-order valence-electron chi connectivity index (χ0n) is 9.89. The van der Waals surface area contributed by atoms with Crippen LogP contribution in [0.2, 0.25) is 0 Å². The summed E-state index contributed by atoms with van der Waals surface area (Å²) in [5.41, 5.74) is 0. The van der Waals surface area contributed by atoms with Gasteiger partial charge in [-0.1, -0.05) is 22.0 Å². The first-order chi connectivity index (χ1) is 9.36. The lowest BCUT2D eigenvalue weighted by molar-refractivity contribution is -0.137. The molecule has 0 bridgehead atoms. The summed E-state index contributed by atoms with van der Waals surface area (Å²) in [4.78, 5) is 4.45. The van der Waals surface area contributed by atoms with Crippen LogP contribution in [0.1, 0.15) is 16.0 Å². The van der Waals surface area contributed by atoms with Crippen LogP contribution in [0, 0.1) is 0 Å². The molecule has 1 aromatic carbocycles. The standard InChI is InChI=1S/C12H9BrF3NOS2/c13-7-2-1-3-8(4-7)19-6-9(18)10-5-17-11(20-10)12(14,15)16/h1-5,9,18H,6H2. The van der Waals surface area contributed by atoms with Crippen LogP contribution in [0.25, 0.3) is 0 Å². The summed E-state index contributed by atoms with van der Waals surface area (Å²) in [6, 6.07) is 7.48. The second-order valence-corrected chi connectivity index (χ2v) is 6.92. The normalized spacial score (nSPS) is 13.4. The van der Waals surface area contributed by atoms with Crippen LogP contribution in [0.5, 0.6) is 0 Å². The van der Waals surface area contributed by atoms with Gasteiger partial charge in [-0.25, -0.2) is 4.98 Å². The van der Waals surface area contributed by atoms with E-state index in [-0.39, 0.29) is 10.6 Å². The Labute approximate surface area is 130 Å². The summed E-state index contributed by atoms with van der Waals surface area (Å²) in [5, 5.41) is 8.97. The van der Waals surface area contributed by atoms with Gasteiger partial charge in [-0.05, 0) is 18.2 Å². The molecule has 2 aromatic rings. The van der Waals surface area contributed by atoms with Crippen LogP contribution in [0.3, 0.4) is 0 Å². The SMILES string of the molecule is OC(CSc1cccc(Br)c1)c1cnc(C(F)(F)F)s1. The molecule has 1 N–H and O–H groups in total. The molecule has 0 spiro atoms. The third kappa shape index (κ3) is 4.21. The van der Waals surface area contributed by atoms with E-state index >= 15 is 0 Å². The summed E-state index contributed by atoms with van der Waals surface area (Å²) in [5.74, 6) is 0.274. The number of thioether (sulfide) groups is 1. The van der Waals surface area contributed by atoms with E-state index in [9.17, 15) is 18.3 Å². The first kappa shape index (κ1) is 15.8. The van der Waals surface area contributed by atoms with Crippen molar-refractivity contribution >= 4 is 39.0 Å². The highest BCUT2D eigenvalue weighted by molar-refractivity contribution is 9.10. The minimum Gasteiger partial charge on any atom is -0.387 e. The Morgan fingerprint density at radius 1 is 1.40 bits per heavy atom. The third-order valence-electron chi connectivity index (χ3n) is 2.30. The summed E-state index contributed by atoms with van der Waals surface area (Å²) in [7, 11) is 0. The molecule has 0 fully saturated rings. The average Bonchev–Trinajstić information content (AvgIpc) is 2.85. The fourth-order valence-corrected chi connectivity index (χ4v) is 3.73. The second-order valence-electron chi connectivity index (χ2n) is 3.85. The number of thiazole rings is 1. The van der Waals surface area contributed by atoms with Crippen molar-refractivity contribution in [3.8, 4) is 0 Å². The number of aromatic nitrogens is 1. The lowest BCUT2D eigenvalue weighted by Crippen LogP contribution is -2.03. The molecule has 0 amide bonds. The fourth-order valence-electron chi connectivity index (χ4n) is 1.39. The predicted octanol–water partition coefficient (Wildman–Crippen LogP) is 4.75. The first-order valence-corrected chi connectivity index (χ1v) is 8.05. The molecule has 20 heavy (non-hydrogen) atoms. The fraction of sp³-hybridized carbons (Fsp3) is 0.250. The molecular formula is C12H9BrF3NOS2. The monoisotopic (exact) mass is 383 g/mol. The smallest absolute Gasteiger partial charge is 0.387 e. The molecule has 0 radical (unpaired) electrons. The van der Waals surface area contributed by atoms with Gasteiger partial charge in [0.05, 0.1) is 11.0 Å². The van der Waals surface area contributed by atoms with Gasteiger partial charge in [0.25, 0.3) is 0 Å². The maximum atomic E-state index is 12.4. The Kier molecular flexibility index (Phi) is 5.11. The number of hydrogen-bond acceptors (Lipinski definition) is 4. The van der Waals surface area contributed by atoms with Crippen molar-refractivity contribution in [2.75, 3.05) is 5.75 Å². The number of aliphatic hydroxyl groups is 1. The molecular weight excluding hydrogens is 375 g/mol. The largest absolute Gasteiger partial charge is 0.443 e. The summed E-state index contributed by atoms with van der Waals surface area (Å²) in [6.45, 7) is 0. The molecule has 108 valence electrons. The van der Waals surface area contributed by atoms with Crippen LogP contribution in [0.15, 0.2) is 39.8 Å². The number of rotatable bonds is 4. The zero-order valence-corrected chi connectivity index (χ0v) is 13.1. The van der Waals surface area contributed by atoms with Crippen LogP contribution in [-0.2, 0) is 6.18 Å². The van der Waals surface area contributed by atoms with Crippen LogP contribution < -0.4 is 0 Å². The molecule has 8 heteroatoms. The van der Waals surface area contributed by atoms with E-state index in [2.05, 4.69) is 20.9 Å². The van der Waals surface area contributed by atoms with Crippen molar-refractivity contribution in [3.05, 3.63) is 44.8 Å². The predicted molar refractivity (Wildman–Crippen MR) is 76.9 cm³/mol. The van der Waals surface area contributed by atoms with Gasteiger partial charge in [0.1, 0.15) is 0 Å². The third-order valence-corrected chi connectivity index (χ3v) is 5.00. The van der Waals surface area contributed by atoms with Gasteiger partial charge in [0.2, 0.25) is 0 Å². The molecule has 0 saturated heterocycles. The van der Waals surface area contributed by atoms with E-state index in [1.807, 2.05) is 24.3 Å². The number of alkyl halides is 3. The van der Waals surface area contributed by atoms with Gasteiger partial charge >= 0.3 is 6.18 Å². The zero-order chi connectivity index (χ0) is 14.8. The molecule has 1 aromatic heterocycles. The summed E-state index contributed by atoms with van der Waals surface area (Å²) in [6.07, 6.45) is -4.34. The molecule has 0 aliphatic heterocycles. The minimum atomic E-state index is -4.46. The number of benzene rings is 1. The Bertz CT molecular complexity index is 588. The number of hydrogen-bond donors (Lipinski definition) is 1. The van der Waals surface area contributed by atoms with E-state index in [0.717, 1.165) is 15.6 Å². The van der Waals surface area contributed by atoms with Gasteiger partial charge < -0.3 is 5.11 Å². The van der Waals surface area contributed by atoms with Gasteiger partial charge in [-0.3, -0.25) is 0 Å².